The Morgan fingerprint density at radius 3 is 2.42 bits per heavy atom. The minimum absolute atomic E-state index is 0.823. The zero-order valence-corrected chi connectivity index (χ0v) is 5.95. The highest BCUT2D eigenvalue weighted by molar-refractivity contribution is 5.78. The van der Waals surface area contributed by atoms with Gasteiger partial charge in [-0.25, -0.2) is 4.79 Å². The third kappa shape index (κ3) is 0.862. The molecule has 0 bridgehead atoms. The van der Waals surface area contributed by atoms with E-state index in [9.17, 15) is 4.79 Å². The van der Waals surface area contributed by atoms with Crippen molar-refractivity contribution in [2.24, 2.45) is 0 Å². The maximum Gasteiger partial charge on any atom is 0.338 e. The minimum Gasteiger partial charge on any atom is -0.454 e. The predicted octanol–water partition coefficient (Wildman–Crippen LogP) is -2.65. The van der Waals surface area contributed by atoms with Gasteiger partial charge in [-0.3, -0.25) is 0 Å². The Bertz CT molecular complexity index is 216. The number of aliphatic hydroxyl groups excluding tert-OH is 3. The van der Waals surface area contributed by atoms with E-state index in [1.807, 2.05) is 0 Å². The topological polar surface area (TPSA) is 96.2 Å². The summed E-state index contributed by atoms with van der Waals surface area (Å²) in [5.74, 6) is -0.823. The fourth-order valence-corrected chi connectivity index (χ4v) is 1.40. The summed E-state index contributed by atoms with van der Waals surface area (Å²) < 4.78 is 9.25. The first-order valence-electron chi connectivity index (χ1n) is 3.51. The predicted molar refractivity (Wildman–Crippen MR) is 32.8 cm³/mol. The van der Waals surface area contributed by atoms with Crippen LogP contribution in [-0.2, 0) is 14.3 Å². The standard InChI is InChI=1S/C6H8O6/c7-1-3-4(12-5(1)9)2(8)6(10)11-3/h1-5,7-9H/t1-,2+,3?,4+,5?/m1/s1. The van der Waals surface area contributed by atoms with Crippen LogP contribution < -0.4 is 0 Å². The molecule has 0 saturated carbocycles. The minimum atomic E-state index is -1.40. The molecule has 0 aromatic heterocycles. The number of hydrogen-bond acceptors (Lipinski definition) is 6. The van der Waals surface area contributed by atoms with E-state index in [1.54, 1.807) is 0 Å². The number of carbonyl (C=O) groups is 1. The molecule has 12 heavy (non-hydrogen) atoms. The average Bonchev–Trinajstić information content (AvgIpc) is 2.43. The molecule has 2 unspecified atom stereocenters. The molecule has 2 aliphatic heterocycles. The van der Waals surface area contributed by atoms with Crippen LogP contribution in [0.15, 0.2) is 0 Å². The molecule has 2 saturated heterocycles. The van der Waals surface area contributed by atoms with E-state index in [2.05, 4.69) is 9.47 Å². The molecule has 3 N–H and O–H groups in total. The van der Waals surface area contributed by atoms with Gasteiger partial charge in [0.25, 0.3) is 0 Å². The Labute approximate surface area is 67.3 Å². The van der Waals surface area contributed by atoms with Gasteiger partial charge in [0.05, 0.1) is 0 Å². The van der Waals surface area contributed by atoms with Crippen molar-refractivity contribution in [2.45, 2.75) is 30.7 Å². The molecule has 0 aromatic rings. The SMILES string of the molecule is O=C1OC2[C@@H](O)C(O)O[C@H]2[C@@H]1O. The quantitative estimate of drug-likeness (QED) is 0.349. The molecular weight excluding hydrogens is 168 g/mol. The first kappa shape index (κ1) is 7.93. The van der Waals surface area contributed by atoms with Gasteiger partial charge in [-0.05, 0) is 0 Å². The number of hydrogen-bond donors (Lipinski definition) is 3. The largest absolute Gasteiger partial charge is 0.454 e. The number of fused-ring (bicyclic) bond motifs is 1. The maximum atomic E-state index is 10.7. The molecule has 0 aromatic carbocycles. The number of aliphatic hydroxyl groups is 3. The van der Waals surface area contributed by atoms with Crippen LogP contribution in [0.2, 0.25) is 0 Å². The number of ether oxygens (including phenoxy) is 2. The summed E-state index contributed by atoms with van der Waals surface area (Å²) in [6.45, 7) is 0. The molecule has 2 aliphatic rings. The van der Waals surface area contributed by atoms with Gasteiger partial charge in [0.15, 0.2) is 18.5 Å². The molecule has 0 amide bonds. The average molecular weight is 176 g/mol. The maximum absolute atomic E-state index is 10.7. The second kappa shape index (κ2) is 2.40. The van der Waals surface area contributed by atoms with Crippen LogP contribution in [0.4, 0.5) is 0 Å². The smallest absolute Gasteiger partial charge is 0.338 e. The Morgan fingerprint density at radius 1 is 1.17 bits per heavy atom. The zero-order valence-electron chi connectivity index (χ0n) is 5.95. The van der Waals surface area contributed by atoms with E-state index in [0.29, 0.717) is 0 Å². The Hall–Kier alpha value is -0.690. The lowest BCUT2D eigenvalue weighted by Crippen LogP contribution is -2.32. The first-order valence-corrected chi connectivity index (χ1v) is 3.51. The van der Waals surface area contributed by atoms with Crippen molar-refractivity contribution < 1.29 is 29.6 Å². The molecule has 68 valence electrons. The van der Waals surface area contributed by atoms with Crippen molar-refractivity contribution >= 4 is 5.97 Å². The van der Waals surface area contributed by atoms with Crippen molar-refractivity contribution in [1.82, 2.24) is 0 Å². The lowest BCUT2D eigenvalue weighted by Gasteiger charge is -2.10. The summed E-state index contributed by atoms with van der Waals surface area (Å²) in [4.78, 5) is 10.7. The normalized spacial score (nSPS) is 52.2. The van der Waals surface area contributed by atoms with Crippen LogP contribution in [0.1, 0.15) is 0 Å². The number of rotatable bonds is 0. The van der Waals surface area contributed by atoms with Gasteiger partial charge < -0.3 is 24.8 Å². The highest BCUT2D eigenvalue weighted by Gasteiger charge is 2.56. The van der Waals surface area contributed by atoms with Crippen LogP contribution in [0.25, 0.3) is 0 Å². The Balaban J connectivity index is 2.19. The molecule has 0 radical (unpaired) electrons. The van der Waals surface area contributed by atoms with E-state index >= 15 is 0 Å². The van der Waals surface area contributed by atoms with Crippen LogP contribution >= 0.6 is 0 Å². The molecule has 2 heterocycles. The molecule has 5 atom stereocenters. The van der Waals surface area contributed by atoms with Crippen molar-refractivity contribution in [3.8, 4) is 0 Å². The van der Waals surface area contributed by atoms with Crippen LogP contribution in [0.3, 0.4) is 0 Å². The number of esters is 1. The van der Waals surface area contributed by atoms with Gasteiger partial charge >= 0.3 is 5.97 Å². The zero-order chi connectivity index (χ0) is 8.88. The highest BCUT2D eigenvalue weighted by atomic mass is 16.7. The summed E-state index contributed by atoms with van der Waals surface area (Å²) in [6, 6.07) is 0. The van der Waals surface area contributed by atoms with E-state index in [-0.39, 0.29) is 0 Å². The van der Waals surface area contributed by atoms with Gasteiger partial charge in [0.1, 0.15) is 12.2 Å². The Morgan fingerprint density at radius 2 is 1.83 bits per heavy atom. The van der Waals surface area contributed by atoms with Gasteiger partial charge in [-0.1, -0.05) is 0 Å². The monoisotopic (exact) mass is 176 g/mol. The molecule has 6 nitrogen and oxygen atoms in total. The lowest BCUT2D eigenvalue weighted by atomic mass is 10.1. The summed E-state index contributed by atoms with van der Waals surface area (Å²) >= 11 is 0. The molecule has 0 aliphatic carbocycles. The first-order chi connectivity index (χ1) is 5.61. The van der Waals surface area contributed by atoms with Crippen LogP contribution in [0.5, 0.6) is 0 Å². The fraction of sp³-hybridized carbons (Fsp3) is 0.833. The van der Waals surface area contributed by atoms with Gasteiger partial charge in [0, 0.05) is 0 Å². The van der Waals surface area contributed by atoms with E-state index < -0.39 is 36.7 Å². The third-order valence-electron chi connectivity index (χ3n) is 2.05. The molecular formula is C6H8O6. The van der Waals surface area contributed by atoms with Crippen LogP contribution in [-0.4, -0.2) is 52.0 Å². The lowest BCUT2D eigenvalue weighted by molar-refractivity contribution is -0.168. The molecule has 6 heteroatoms. The number of carbonyl (C=O) groups excluding carboxylic acids is 1. The molecule has 2 fully saturated rings. The van der Waals surface area contributed by atoms with Gasteiger partial charge in [-0.2, -0.15) is 0 Å². The summed E-state index contributed by atoms with van der Waals surface area (Å²) in [5, 5.41) is 27.2. The van der Waals surface area contributed by atoms with Crippen molar-refractivity contribution in [2.75, 3.05) is 0 Å². The molecule has 2 rings (SSSR count). The highest BCUT2D eigenvalue weighted by Crippen LogP contribution is 2.30. The summed E-state index contributed by atoms with van der Waals surface area (Å²) in [7, 11) is 0. The summed E-state index contributed by atoms with van der Waals surface area (Å²) in [6.07, 6.45) is -5.94. The fourth-order valence-electron chi connectivity index (χ4n) is 1.40. The van der Waals surface area contributed by atoms with Crippen molar-refractivity contribution in [1.29, 1.82) is 0 Å². The van der Waals surface area contributed by atoms with E-state index in [1.165, 1.54) is 0 Å². The molecule has 0 spiro atoms. The van der Waals surface area contributed by atoms with Crippen molar-refractivity contribution in [3.63, 3.8) is 0 Å². The van der Waals surface area contributed by atoms with Crippen LogP contribution in [0, 0.1) is 0 Å². The van der Waals surface area contributed by atoms with E-state index in [0.717, 1.165) is 0 Å². The Kier molecular flexibility index (Phi) is 1.58. The second-order valence-electron chi connectivity index (χ2n) is 2.83. The summed E-state index contributed by atoms with van der Waals surface area (Å²) in [5.41, 5.74) is 0. The van der Waals surface area contributed by atoms with Gasteiger partial charge in [-0.15, -0.1) is 0 Å². The van der Waals surface area contributed by atoms with Gasteiger partial charge in [0.2, 0.25) is 0 Å². The van der Waals surface area contributed by atoms with E-state index in [4.69, 9.17) is 15.3 Å². The van der Waals surface area contributed by atoms with Crippen molar-refractivity contribution in [3.05, 3.63) is 0 Å². The second-order valence-corrected chi connectivity index (χ2v) is 2.83. The third-order valence-corrected chi connectivity index (χ3v) is 2.05.